The number of carbonyl (C=O) groups excluding carboxylic acids is 1. The summed E-state index contributed by atoms with van der Waals surface area (Å²) in [4.78, 5) is 14.5. The highest BCUT2D eigenvalue weighted by Crippen LogP contribution is 2.25. The van der Waals surface area contributed by atoms with Gasteiger partial charge in [-0.2, -0.15) is 0 Å². The molecular formula is C13H26N2O. The summed E-state index contributed by atoms with van der Waals surface area (Å²) in [6.07, 6.45) is 3.02. The van der Waals surface area contributed by atoms with Crippen LogP contribution in [0.2, 0.25) is 0 Å². The summed E-state index contributed by atoms with van der Waals surface area (Å²) in [6.45, 7) is 11.2. The highest BCUT2D eigenvalue weighted by Gasteiger charge is 2.41. The van der Waals surface area contributed by atoms with E-state index in [1.54, 1.807) is 0 Å². The average molecular weight is 226 g/mol. The molecule has 1 unspecified atom stereocenters. The van der Waals surface area contributed by atoms with Crippen LogP contribution in [0.25, 0.3) is 0 Å². The quantitative estimate of drug-likeness (QED) is 0.778. The highest BCUT2D eigenvalue weighted by atomic mass is 16.2. The van der Waals surface area contributed by atoms with E-state index in [-0.39, 0.29) is 5.54 Å². The largest absolute Gasteiger partial charge is 0.341 e. The number of nitrogens with zero attached hydrogens (tertiary/aromatic N) is 1. The summed E-state index contributed by atoms with van der Waals surface area (Å²) >= 11 is 0. The van der Waals surface area contributed by atoms with Crippen molar-refractivity contribution in [1.82, 2.24) is 10.2 Å². The summed E-state index contributed by atoms with van der Waals surface area (Å²) in [6, 6.07) is 0. The van der Waals surface area contributed by atoms with Gasteiger partial charge < -0.3 is 10.2 Å². The number of nitrogens with one attached hydrogen (secondary N) is 1. The summed E-state index contributed by atoms with van der Waals surface area (Å²) in [5.41, 5.74) is -0.259. The number of hydrogen-bond acceptors (Lipinski definition) is 2. The zero-order chi connectivity index (χ0) is 12.2. The molecule has 1 heterocycles. The van der Waals surface area contributed by atoms with Gasteiger partial charge in [-0.3, -0.25) is 4.79 Å². The van der Waals surface area contributed by atoms with Crippen LogP contribution in [0.15, 0.2) is 0 Å². The molecule has 0 spiro atoms. The van der Waals surface area contributed by atoms with Gasteiger partial charge in [-0.1, -0.05) is 20.8 Å². The summed E-state index contributed by atoms with van der Waals surface area (Å²) < 4.78 is 0. The van der Waals surface area contributed by atoms with Gasteiger partial charge in [-0.05, 0) is 38.6 Å². The Morgan fingerprint density at radius 3 is 2.50 bits per heavy atom. The first kappa shape index (κ1) is 13.5. The average Bonchev–Trinajstić information content (AvgIpc) is 2.74. The van der Waals surface area contributed by atoms with Crippen molar-refractivity contribution in [3.8, 4) is 0 Å². The van der Waals surface area contributed by atoms with Gasteiger partial charge in [0.25, 0.3) is 0 Å². The molecule has 1 amide bonds. The van der Waals surface area contributed by atoms with E-state index in [2.05, 4.69) is 33.0 Å². The van der Waals surface area contributed by atoms with Crippen LogP contribution in [0.5, 0.6) is 0 Å². The zero-order valence-corrected chi connectivity index (χ0v) is 11.2. The molecule has 1 rings (SSSR count). The molecule has 0 aromatic rings. The molecule has 0 radical (unpaired) electrons. The molecule has 0 aliphatic carbocycles. The predicted octanol–water partition coefficient (Wildman–Crippen LogP) is 2.02. The highest BCUT2D eigenvalue weighted by molar-refractivity contribution is 5.86. The van der Waals surface area contributed by atoms with E-state index < -0.39 is 0 Å². The maximum absolute atomic E-state index is 12.5. The predicted molar refractivity (Wildman–Crippen MR) is 67.4 cm³/mol. The van der Waals surface area contributed by atoms with Crippen LogP contribution in [-0.2, 0) is 4.79 Å². The van der Waals surface area contributed by atoms with Gasteiger partial charge in [0.05, 0.1) is 5.54 Å². The molecule has 0 saturated carbocycles. The van der Waals surface area contributed by atoms with E-state index in [1.165, 1.54) is 0 Å². The van der Waals surface area contributed by atoms with Crippen LogP contribution < -0.4 is 5.32 Å². The summed E-state index contributed by atoms with van der Waals surface area (Å²) in [7, 11) is 0. The van der Waals surface area contributed by atoms with Gasteiger partial charge in [0.2, 0.25) is 5.91 Å². The van der Waals surface area contributed by atoms with Crippen molar-refractivity contribution in [3.05, 3.63) is 0 Å². The number of carbonyl (C=O) groups is 1. The Hall–Kier alpha value is -0.570. The standard InChI is InChI=1S/C13H26N2O/c1-5-13(8-7-9-14-13)12(16)15(6-2)10-11(3)4/h11,14H,5-10H2,1-4H3. The fourth-order valence-corrected chi connectivity index (χ4v) is 2.54. The first-order valence-corrected chi connectivity index (χ1v) is 6.60. The van der Waals surface area contributed by atoms with Crippen LogP contribution in [0, 0.1) is 5.92 Å². The molecule has 94 valence electrons. The molecule has 1 atom stereocenters. The van der Waals surface area contributed by atoms with Crippen LogP contribution in [0.4, 0.5) is 0 Å². The normalized spacial score (nSPS) is 25.1. The minimum atomic E-state index is -0.259. The maximum atomic E-state index is 12.5. The third-order valence-electron chi connectivity index (χ3n) is 3.51. The lowest BCUT2D eigenvalue weighted by Gasteiger charge is -2.34. The Morgan fingerprint density at radius 2 is 2.12 bits per heavy atom. The summed E-state index contributed by atoms with van der Waals surface area (Å²) in [5, 5.41) is 3.42. The first-order chi connectivity index (χ1) is 7.55. The monoisotopic (exact) mass is 226 g/mol. The van der Waals surface area contributed by atoms with Gasteiger partial charge in [0.15, 0.2) is 0 Å². The van der Waals surface area contributed by atoms with Crippen molar-refractivity contribution in [3.63, 3.8) is 0 Å². The molecule has 16 heavy (non-hydrogen) atoms. The van der Waals surface area contributed by atoms with Crippen molar-refractivity contribution in [1.29, 1.82) is 0 Å². The molecule has 1 saturated heterocycles. The third-order valence-corrected chi connectivity index (χ3v) is 3.51. The van der Waals surface area contributed by atoms with E-state index in [1.807, 2.05) is 4.90 Å². The lowest BCUT2D eigenvalue weighted by atomic mass is 9.92. The van der Waals surface area contributed by atoms with E-state index in [4.69, 9.17) is 0 Å². The second-order valence-electron chi connectivity index (χ2n) is 5.20. The SMILES string of the molecule is CCN(CC(C)C)C(=O)C1(CC)CCCN1. The Morgan fingerprint density at radius 1 is 1.44 bits per heavy atom. The molecule has 3 nitrogen and oxygen atoms in total. The van der Waals surface area contributed by atoms with Crippen LogP contribution in [-0.4, -0.2) is 36.0 Å². The number of amides is 1. The second kappa shape index (κ2) is 5.67. The third kappa shape index (κ3) is 2.76. The van der Waals surface area contributed by atoms with Crippen LogP contribution in [0.1, 0.15) is 47.0 Å². The van der Waals surface area contributed by atoms with Crippen molar-refractivity contribution >= 4 is 5.91 Å². The topological polar surface area (TPSA) is 32.3 Å². The van der Waals surface area contributed by atoms with Crippen molar-refractivity contribution in [2.75, 3.05) is 19.6 Å². The van der Waals surface area contributed by atoms with Crippen LogP contribution >= 0.6 is 0 Å². The van der Waals surface area contributed by atoms with E-state index in [9.17, 15) is 4.79 Å². The van der Waals surface area contributed by atoms with Crippen LogP contribution in [0.3, 0.4) is 0 Å². The van der Waals surface area contributed by atoms with Gasteiger partial charge in [-0.25, -0.2) is 0 Å². The van der Waals surface area contributed by atoms with Crippen molar-refractivity contribution in [2.24, 2.45) is 5.92 Å². The first-order valence-electron chi connectivity index (χ1n) is 6.60. The van der Waals surface area contributed by atoms with Gasteiger partial charge in [-0.15, -0.1) is 0 Å². The maximum Gasteiger partial charge on any atom is 0.242 e. The molecule has 0 bridgehead atoms. The molecule has 3 heteroatoms. The lowest BCUT2D eigenvalue weighted by molar-refractivity contribution is -0.138. The Kier molecular flexibility index (Phi) is 4.78. The molecule has 1 aliphatic heterocycles. The molecule has 1 aliphatic rings. The van der Waals surface area contributed by atoms with E-state index >= 15 is 0 Å². The summed E-state index contributed by atoms with van der Waals surface area (Å²) in [5.74, 6) is 0.850. The van der Waals surface area contributed by atoms with Crippen molar-refractivity contribution in [2.45, 2.75) is 52.5 Å². The fraction of sp³-hybridized carbons (Fsp3) is 0.923. The van der Waals surface area contributed by atoms with Gasteiger partial charge in [0.1, 0.15) is 0 Å². The van der Waals surface area contributed by atoms with E-state index in [0.717, 1.165) is 38.9 Å². The second-order valence-corrected chi connectivity index (χ2v) is 5.20. The molecule has 1 N–H and O–H groups in total. The fourth-order valence-electron chi connectivity index (χ4n) is 2.54. The Labute approximate surface area is 99.6 Å². The molecular weight excluding hydrogens is 200 g/mol. The number of rotatable bonds is 5. The molecule has 0 aromatic carbocycles. The Bertz CT molecular complexity index is 232. The van der Waals surface area contributed by atoms with Gasteiger partial charge >= 0.3 is 0 Å². The van der Waals surface area contributed by atoms with Crippen molar-refractivity contribution < 1.29 is 4.79 Å². The smallest absolute Gasteiger partial charge is 0.242 e. The van der Waals surface area contributed by atoms with Gasteiger partial charge in [0, 0.05) is 13.1 Å². The Balaban J connectivity index is 2.72. The molecule has 0 aromatic heterocycles. The molecule has 1 fully saturated rings. The minimum Gasteiger partial charge on any atom is -0.341 e. The van der Waals surface area contributed by atoms with E-state index in [0.29, 0.717) is 11.8 Å². The minimum absolute atomic E-state index is 0.259. The lowest BCUT2D eigenvalue weighted by Crippen LogP contribution is -2.55. The number of hydrogen-bond donors (Lipinski definition) is 1. The number of likely N-dealkylation sites (N-methyl/N-ethyl adjacent to an activating group) is 1. The zero-order valence-electron chi connectivity index (χ0n) is 11.2.